The SMILES string of the molecule is CN(C)c1ccc(CN2CCC[C@H](c3csc(Nc4ccc(C#N)nc4)n3)C2)cc1. The van der Waals surface area contributed by atoms with Crippen LogP contribution in [0.4, 0.5) is 16.5 Å². The molecule has 1 aromatic carbocycles. The number of anilines is 3. The average Bonchev–Trinajstić information content (AvgIpc) is 3.23. The van der Waals surface area contributed by atoms with Crippen molar-refractivity contribution in [3.05, 3.63) is 64.9 Å². The van der Waals surface area contributed by atoms with E-state index in [1.807, 2.05) is 12.1 Å². The number of pyridine rings is 1. The summed E-state index contributed by atoms with van der Waals surface area (Å²) in [6.07, 6.45) is 4.04. The number of rotatable bonds is 6. The van der Waals surface area contributed by atoms with Gasteiger partial charge in [-0.2, -0.15) is 5.26 Å². The van der Waals surface area contributed by atoms with Crippen LogP contribution in [0.5, 0.6) is 0 Å². The number of piperidine rings is 1. The van der Waals surface area contributed by atoms with Crippen molar-refractivity contribution < 1.29 is 0 Å². The number of hydrogen-bond donors (Lipinski definition) is 1. The maximum absolute atomic E-state index is 8.87. The Bertz CT molecular complexity index is 1000. The van der Waals surface area contributed by atoms with Crippen molar-refractivity contribution in [1.82, 2.24) is 14.9 Å². The van der Waals surface area contributed by atoms with Gasteiger partial charge in [0.1, 0.15) is 11.8 Å². The van der Waals surface area contributed by atoms with Gasteiger partial charge in [0.25, 0.3) is 0 Å². The normalized spacial score (nSPS) is 16.8. The summed E-state index contributed by atoms with van der Waals surface area (Å²) in [5.74, 6) is 0.464. The van der Waals surface area contributed by atoms with E-state index in [4.69, 9.17) is 10.2 Å². The van der Waals surface area contributed by atoms with E-state index in [1.165, 1.54) is 24.1 Å². The van der Waals surface area contributed by atoms with Crippen LogP contribution in [0.2, 0.25) is 0 Å². The summed E-state index contributed by atoms with van der Waals surface area (Å²) in [7, 11) is 4.14. The van der Waals surface area contributed by atoms with Crippen LogP contribution in [0.15, 0.2) is 48.0 Å². The fourth-order valence-electron chi connectivity index (χ4n) is 3.79. The third-order valence-corrected chi connectivity index (χ3v) is 6.21. The third kappa shape index (κ3) is 4.96. The van der Waals surface area contributed by atoms with Crippen LogP contribution in [0, 0.1) is 11.3 Å². The first-order chi connectivity index (χ1) is 14.6. The molecule has 1 atom stereocenters. The van der Waals surface area contributed by atoms with Gasteiger partial charge in [-0.25, -0.2) is 9.97 Å². The zero-order valence-electron chi connectivity index (χ0n) is 17.4. The zero-order valence-corrected chi connectivity index (χ0v) is 18.2. The van der Waals surface area contributed by atoms with Crippen LogP contribution in [0.25, 0.3) is 0 Å². The molecule has 0 saturated carbocycles. The van der Waals surface area contributed by atoms with Gasteiger partial charge in [-0.15, -0.1) is 11.3 Å². The summed E-state index contributed by atoms with van der Waals surface area (Å²) in [6.45, 7) is 3.16. The second-order valence-corrected chi connectivity index (χ2v) is 8.74. The molecule has 1 saturated heterocycles. The molecule has 154 valence electrons. The maximum Gasteiger partial charge on any atom is 0.187 e. The number of nitrogens with zero attached hydrogens (tertiary/aromatic N) is 5. The van der Waals surface area contributed by atoms with Crippen LogP contribution >= 0.6 is 11.3 Å². The van der Waals surface area contributed by atoms with Gasteiger partial charge in [-0.05, 0) is 49.2 Å². The topological polar surface area (TPSA) is 68.1 Å². The molecule has 4 rings (SSSR count). The molecule has 1 aliphatic rings. The molecule has 3 heterocycles. The number of likely N-dealkylation sites (tertiary alicyclic amines) is 1. The second-order valence-electron chi connectivity index (χ2n) is 7.88. The van der Waals surface area contributed by atoms with Crippen molar-refractivity contribution in [3.8, 4) is 6.07 Å². The molecule has 0 bridgehead atoms. The van der Waals surface area contributed by atoms with Gasteiger partial charge in [-0.1, -0.05) is 12.1 Å². The van der Waals surface area contributed by atoms with E-state index >= 15 is 0 Å². The molecule has 0 amide bonds. The Labute approximate surface area is 181 Å². The maximum atomic E-state index is 8.87. The van der Waals surface area contributed by atoms with Gasteiger partial charge in [-0.3, -0.25) is 4.90 Å². The van der Waals surface area contributed by atoms with Gasteiger partial charge in [0.15, 0.2) is 5.13 Å². The highest BCUT2D eigenvalue weighted by Crippen LogP contribution is 2.31. The van der Waals surface area contributed by atoms with Crippen LogP contribution in [-0.4, -0.2) is 42.1 Å². The quantitative estimate of drug-likeness (QED) is 0.631. The summed E-state index contributed by atoms with van der Waals surface area (Å²) >= 11 is 1.62. The van der Waals surface area contributed by atoms with E-state index in [-0.39, 0.29) is 0 Å². The van der Waals surface area contributed by atoms with E-state index in [2.05, 4.69) is 63.8 Å². The number of benzene rings is 1. The van der Waals surface area contributed by atoms with Crippen LogP contribution < -0.4 is 10.2 Å². The molecule has 0 aliphatic carbocycles. The largest absolute Gasteiger partial charge is 0.378 e. The summed E-state index contributed by atoms with van der Waals surface area (Å²) in [5, 5.41) is 15.2. The minimum atomic E-state index is 0.416. The molecule has 1 aliphatic heterocycles. The molecule has 0 radical (unpaired) electrons. The molecule has 7 heteroatoms. The number of nitriles is 1. The molecular formula is C23H26N6S. The van der Waals surface area contributed by atoms with Gasteiger partial charge in [0, 0.05) is 44.2 Å². The summed E-state index contributed by atoms with van der Waals surface area (Å²) < 4.78 is 0. The molecule has 1 fully saturated rings. The minimum absolute atomic E-state index is 0.416. The zero-order chi connectivity index (χ0) is 20.9. The van der Waals surface area contributed by atoms with Crippen molar-refractivity contribution in [2.75, 3.05) is 37.4 Å². The average molecular weight is 419 g/mol. The predicted molar refractivity (Wildman–Crippen MR) is 122 cm³/mol. The Morgan fingerprint density at radius 3 is 2.77 bits per heavy atom. The van der Waals surface area contributed by atoms with Crippen LogP contribution in [0.3, 0.4) is 0 Å². The predicted octanol–water partition coefficient (Wildman–Crippen LogP) is 4.60. The lowest BCUT2D eigenvalue weighted by Crippen LogP contribution is -2.34. The Hall–Kier alpha value is -2.95. The Balaban J connectivity index is 1.36. The third-order valence-electron chi connectivity index (χ3n) is 5.43. The molecule has 3 aromatic rings. The van der Waals surface area contributed by atoms with E-state index < -0.39 is 0 Å². The van der Waals surface area contributed by atoms with Gasteiger partial charge >= 0.3 is 0 Å². The van der Waals surface area contributed by atoms with E-state index in [0.29, 0.717) is 11.6 Å². The van der Waals surface area contributed by atoms with Crippen molar-refractivity contribution in [3.63, 3.8) is 0 Å². The van der Waals surface area contributed by atoms with Crippen LogP contribution in [-0.2, 0) is 6.54 Å². The van der Waals surface area contributed by atoms with Crippen molar-refractivity contribution in [2.45, 2.75) is 25.3 Å². The molecular weight excluding hydrogens is 392 g/mol. The van der Waals surface area contributed by atoms with Gasteiger partial charge in [0.05, 0.1) is 17.6 Å². The molecule has 0 spiro atoms. The summed E-state index contributed by atoms with van der Waals surface area (Å²) in [6, 6.07) is 14.4. The summed E-state index contributed by atoms with van der Waals surface area (Å²) in [4.78, 5) is 13.6. The highest BCUT2D eigenvalue weighted by Gasteiger charge is 2.23. The lowest BCUT2D eigenvalue weighted by Gasteiger charge is -2.32. The monoisotopic (exact) mass is 418 g/mol. The number of hydrogen-bond acceptors (Lipinski definition) is 7. The molecule has 0 unspecified atom stereocenters. The van der Waals surface area contributed by atoms with Crippen molar-refractivity contribution in [1.29, 1.82) is 5.26 Å². The Morgan fingerprint density at radius 1 is 1.23 bits per heavy atom. The Kier molecular flexibility index (Phi) is 6.26. The first-order valence-corrected chi connectivity index (χ1v) is 11.1. The molecule has 6 nitrogen and oxygen atoms in total. The number of aromatic nitrogens is 2. The molecule has 2 aromatic heterocycles. The highest BCUT2D eigenvalue weighted by molar-refractivity contribution is 7.13. The van der Waals surface area contributed by atoms with Crippen molar-refractivity contribution in [2.24, 2.45) is 0 Å². The van der Waals surface area contributed by atoms with Crippen molar-refractivity contribution >= 4 is 27.8 Å². The molecule has 30 heavy (non-hydrogen) atoms. The first-order valence-electron chi connectivity index (χ1n) is 10.2. The summed E-state index contributed by atoms with van der Waals surface area (Å²) in [5.41, 5.74) is 5.02. The number of thiazole rings is 1. The van der Waals surface area contributed by atoms with Crippen LogP contribution in [0.1, 0.15) is 35.7 Å². The molecule has 1 N–H and O–H groups in total. The fraction of sp³-hybridized carbons (Fsp3) is 0.348. The lowest BCUT2D eigenvalue weighted by atomic mass is 9.95. The minimum Gasteiger partial charge on any atom is -0.378 e. The Morgan fingerprint density at radius 2 is 2.07 bits per heavy atom. The smallest absolute Gasteiger partial charge is 0.187 e. The lowest BCUT2D eigenvalue weighted by molar-refractivity contribution is 0.199. The fourth-order valence-corrected chi connectivity index (χ4v) is 4.60. The van der Waals surface area contributed by atoms with E-state index in [9.17, 15) is 0 Å². The standard InChI is InChI=1S/C23H26N6S/c1-28(2)21-9-5-17(6-10-21)14-29-11-3-4-18(15-29)22-16-30-23(27-22)26-20-8-7-19(12-24)25-13-20/h5-10,13,16,18H,3-4,11,14-15H2,1-2H3,(H,26,27)/t18-/m0/s1. The highest BCUT2D eigenvalue weighted by atomic mass is 32.1. The second kappa shape index (κ2) is 9.24. The van der Waals surface area contributed by atoms with Gasteiger partial charge < -0.3 is 10.2 Å². The number of nitrogens with one attached hydrogen (secondary N) is 1. The van der Waals surface area contributed by atoms with E-state index in [0.717, 1.165) is 36.1 Å². The first kappa shape index (κ1) is 20.3. The van der Waals surface area contributed by atoms with Gasteiger partial charge in [0.2, 0.25) is 0 Å². The van der Waals surface area contributed by atoms with E-state index in [1.54, 1.807) is 23.6 Å².